The number of esters is 2. The van der Waals surface area contributed by atoms with E-state index < -0.39 is 24.3 Å². The molecule has 0 bridgehead atoms. The van der Waals surface area contributed by atoms with E-state index >= 15 is 0 Å². The molecular weight excluding hydrogens is 1030 g/mol. The van der Waals surface area contributed by atoms with Crippen LogP contribution in [0.4, 0.5) is 0 Å². The maximum Gasteiger partial charge on any atom is 0.361 e. The van der Waals surface area contributed by atoms with E-state index in [1.165, 1.54) is 83.5 Å². The van der Waals surface area contributed by atoms with Gasteiger partial charge in [-0.2, -0.15) is 0 Å². The van der Waals surface area contributed by atoms with Crippen LogP contribution in [0.1, 0.15) is 245 Å². The average Bonchev–Trinajstić information content (AvgIpc) is 3.46. The van der Waals surface area contributed by atoms with Crippen LogP contribution in [0.2, 0.25) is 0 Å². The van der Waals surface area contributed by atoms with Gasteiger partial charge in [-0.15, -0.1) is 0 Å². The fourth-order valence-corrected chi connectivity index (χ4v) is 8.54. The predicted octanol–water partition coefficient (Wildman–Crippen LogP) is 20.3. The number of aliphatic carboxylic acids is 1. The molecule has 83 heavy (non-hydrogen) atoms. The minimum absolute atomic E-state index is 0.175. The number of unbranched alkanes of at least 4 members (excludes halogenated alkanes) is 20. The van der Waals surface area contributed by atoms with Gasteiger partial charge in [0.2, 0.25) is 0 Å². The van der Waals surface area contributed by atoms with E-state index in [1.54, 1.807) is 0 Å². The highest BCUT2D eigenvalue weighted by Gasteiger charge is 2.25. The molecule has 0 saturated heterocycles. The standard InChI is InChI=1S/C74H121NO8/c1-6-8-10-12-14-16-18-20-22-24-26-28-30-32-33-34-35-36-37-38-39-41-43-45-47-49-51-53-55-57-59-61-63-65-72(77)83-70(69-82-74(73(78)79)80-67-66-75(3,4)5)68-81-71(76)64-62-60-58-56-54-52-50-48-46-44-42-40-31-29-27-25-23-21-19-17-15-13-11-9-7-2/h8,10,14,16,19-22,25-28,31-33,35-36,38-40,43,45,49,51,70,74H,6-7,9,11-13,15,17-18,23-24,29-30,34,37,41-42,44,46-48,50,52-69H2,1-5H3/p+1/b10-8-,16-14-,21-19-,22-20-,27-25-,28-26-,33-32-,36-35-,39-38-,40-31-,45-43-,51-49-. The molecule has 2 atom stereocenters. The Hall–Kier alpha value is -4.83. The van der Waals surface area contributed by atoms with Gasteiger partial charge in [0.05, 0.1) is 34.4 Å². The number of ether oxygens (including phenoxy) is 4. The van der Waals surface area contributed by atoms with Crippen molar-refractivity contribution in [3.05, 3.63) is 146 Å². The lowest BCUT2D eigenvalue weighted by molar-refractivity contribution is -0.870. The molecule has 9 heteroatoms. The molecule has 0 aromatic heterocycles. The van der Waals surface area contributed by atoms with Crippen LogP contribution in [-0.2, 0) is 33.3 Å². The van der Waals surface area contributed by atoms with Crippen molar-refractivity contribution in [2.75, 3.05) is 47.5 Å². The highest BCUT2D eigenvalue weighted by atomic mass is 16.7. The van der Waals surface area contributed by atoms with Gasteiger partial charge >= 0.3 is 17.9 Å². The molecule has 470 valence electrons. The van der Waals surface area contributed by atoms with E-state index in [0.29, 0.717) is 17.4 Å². The van der Waals surface area contributed by atoms with Crippen molar-refractivity contribution in [3.63, 3.8) is 0 Å². The van der Waals surface area contributed by atoms with Crippen molar-refractivity contribution in [2.45, 2.75) is 257 Å². The van der Waals surface area contributed by atoms with E-state index in [4.69, 9.17) is 18.9 Å². The Morgan fingerprint density at radius 3 is 1.02 bits per heavy atom. The van der Waals surface area contributed by atoms with Crippen LogP contribution in [0.3, 0.4) is 0 Å². The van der Waals surface area contributed by atoms with E-state index in [1.807, 2.05) is 21.1 Å². The lowest BCUT2D eigenvalue weighted by Crippen LogP contribution is -2.40. The number of carbonyl (C=O) groups excluding carboxylic acids is 2. The van der Waals surface area contributed by atoms with Gasteiger partial charge in [0, 0.05) is 12.8 Å². The molecule has 0 rings (SSSR count). The number of likely N-dealkylation sites (N-methyl/N-ethyl adjacent to an activating group) is 1. The van der Waals surface area contributed by atoms with Crippen molar-refractivity contribution in [1.29, 1.82) is 0 Å². The summed E-state index contributed by atoms with van der Waals surface area (Å²) in [6, 6.07) is 0. The van der Waals surface area contributed by atoms with Crippen molar-refractivity contribution in [3.8, 4) is 0 Å². The first-order chi connectivity index (χ1) is 40.6. The molecule has 0 aromatic rings. The molecule has 9 nitrogen and oxygen atoms in total. The third-order valence-corrected chi connectivity index (χ3v) is 13.6. The number of nitrogens with zero attached hydrogens (tertiary/aromatic N) is 1. The van der Waals surface area contributed by atoms with Crippen LogP contribution in [0, 0.1) is 0 Å². The van der Waals surface area contributed by atoms with Crippen molar-refractivity contribution in [1.82, 2.24) is 0 Å². The number of carbonyl (C=O) groups is 3. The van der Waals surface area contributed by atoms with E-state index in [-0.39, 0.29) is 38.6 Å². The summed E-state index contributed by atoms with van der Waals surface area (Å²) >= 11 is 0. The Morgan fingerprint density at radius 1 is 0.373 bits per heavy atom. The predicted molar refractivity (Wildman–Crippen MR) is 354 cm³/mol. The number of hydrogen-bond donors (Lipinski definition) is 1. The van der Waals surface area contributed by atoms with Gasteiger partial charge in [-0.05, 0) is 122 Å². The second-order valence-corrected chi connectivity index (χ2v) is 22.7. The van der Waals surface area contributed by atoms with Crippen LogP contribution in [0.25, 0.3) is 0 Å². The van der Waals surface area contributed by atoms with Gasteiger partial charge in [-0.1, -0.05) is 256 Å². The first-order valence-electron chi connectivity index (χ1n) is 33.0. The Balaban J connectivity index is 4.28. The van der Waals surface area contributed by atoms with Crippen LogP contribution in [-0.4, -0.2) is 87.4 Å². The minimum atomic E-state index is -1.53. The lowest BCUT2D eigenvalue weighted by atomic mass is 10.1. The summed E-state index contributed by atoms with van der Waals surface area (Å²) in [5.41, 5.74) is 0. The molecule has 2 unspecified atom stereocenters. The molecule has 1 N–H and O–H groups in total. The zero-order valence-electron chi connectivity index (χ0n) is 53.5. The number of rotatable bonds is 59. The first-order valence-corrected chi connectivity index (χ1v) is 33.0. The third kappa shape index (κ3) is 64.6. The Morgan fingerprint density at radius 2 is 0.687 bits per heavy atom. The summed E-state index contributed by atoms with van der Waals surface area (Å²) in [6.07, 6.45) is 89.3. The quantitative estimate of drug-likeness (QED) is 0.0211. The van der Waals surface area contributed by atoms with E-state index in [9.17, 15) is 19.5 Å². The first kappa shape index (κ1) is 78.2. The number of allylic oxidation sites excluding steroid dienone is 24. The largest absolute Gasteiger partial charge is 0.477 e. The molecule has 0 heterocycles. The Labute approximate surface area is 509 Å². The summed E-state index contributed by atoms with van der Waals surface area (Å²) < 4.78 is 22.9. The second kappa shape index (κ2) is 63.2. The van der Waals surface area contributed by atoms with Crippen molar-refractivity contribution >= 4 is 17.9 Å². The topological polar surface area (TPSA) is 108 Å². The van der Waals surface area contributed by atoms with Gasteiger partial charge in [0.1, 0.15) is 13.2 Å². The van der Waals surface area contributed by atoms with Gasteiger partial charge in [0.25, 0.3) is 6.29 Å². The van der Waals surface area contributed by atoms with Crippen LogP contribution in [0.15, 0.2) is 146 Å². The highest BCUT2D eigenvalue weighted by Crippen LogP contribution is 2.15. The minimum Gasteiger partial charge on any atom is -0.477 e. The van der Waals surface area contributed by atoms with E-state index in [0.717, 1.165) is 128 Å². The van der Waals surface area contributed by atoms with Gasteiger partial charge < -0.3 is 28.5 Å². The molecule has 0 aliphatic carbocycles. The fraction of sp³-hybridized carbons (Fsp3) is 0.635. The summed E-state index contributed by atoms with van der Waals surface area (Å²) in [6.45, 7) is 4.71. The summed E-state index contributed by atoms with van der Waals surface area (Å²) in [5.74, 6) is -2.05. The molecule has 0 aliphatic heterocycles. The highest BCUT2D eigenvalue weighted by molar-refractivity contribution is 5.71. The van der Waals surface area contributed by atoms with Crippen molar-refractivity contribution in [2.24, 2.45) is 0 Å². The zero-order valence-corrected chi connectivity index (χ0v) is 53.5. The molecule has 0 saturated carbocycles. The van der Waals surface area contributed by atoms with Gasteiger partial charge in [-0.25, -0.2) is 4.79 Å². The molecule has 0 aliphatic rings. The number of quaternary nitrogens is 1. The van der Waals surface area contributed by atoms with E-state index in [2.05, 4.69) is 160 Å². The molecule has 0 spiro atoms. The maximum atomic E-state index is 12.9. The lowest BCUT2D eigenvalue weighted by Gasteiger charge is -2.25. The Kier molecular flexibility index (Phi) is 59.5. The third-order valence-electron chi connectivity index (χ3n) is 13.6. The summed E-state index contributed by atoms with van der Waals surface area (Å²) in [7, 11) is 5.95. The second-order valence-electron chi connectivity index (χ2n) is 22.7. The molecule has 0 aromatic carbocycles. The number of hydrogen-bond acceptors (Lipinski definition) is 7. The SMILES string of the molecule is CC/C=C\C/C=C\C/C=C\C/C=C\C/C=C\C/C=C\C/C=C\C/C=C\C/C=C\CCCCCCCC(=O)OC(COC(=O)CCCCCCCCCCCC/C=C\C/C=C\C/C=C\CCCCCCC)COC(OCC[N+](C)(C)C)C(=O)O. The van der Waals surface area contributed by atoms with Crippen LogP contribution >= 0.6 is 0 Å². The van der Waals surface area contributed by atoms with Crippen molar-refractivity contribution < 1.29 is 42.9 Å². The normalized spacial score (nSPS) is 13.7. The monoisotopic (exact) mass is 1150 g/mol. The van der Waals surface area contributed by atoms with Crippen LogP contribution < -0.4 is 0 Å². The van der Waals surface area contributed by atoms with Gasteiger partial charge in [0.15, 0.2) is 6.10 Å². The summed E-state index contributed by atoms with van der Waals surface area (Å²) in [5, 5.41) is 9.73. The number of carboxylic acids is 1. The molecule has 0 radical (unpaired) electrons. The summed E-state index contributed by atoms with van der Waals surface area (Å²) in [4.78, 5) is 37.6. The van der Waals surface area contributed by atoms with Crippen LogP contribution in [0.5, 0.6) is 0 Å². The average molecular weight is 1150 g/mol. The zero-order chi connectivity index (χ0) is 60.5. The number of carboxylic acid groups (broad SMARTS) is 1. The molecule has 0 fully saturated rings. The fourth-order valence-electron chi connectivity index (χ4n) is 8.54. The van der Waals surface area contributed by atoms with Gasteiger partial charge in [-0.3, -0.25) is 9.59 Å². The Bertz CT molecular complexity index is 1870. The molecular formula is C74H122NO8+. The molecule has 0 amide bonds. The maximum absolute atomic E-state index is 12.9. The smallest absolute Gasteiger partial charge is 0.361 e.